The summed E-state index contributed by atoms with van der Waals surface area (Å²) >= 11 is 0. The molecule has 4 nitrogen and oxygen atoms in total. The number of hydrogen-bond donors (Lipinski definition) is 1. The Labute approximate surface area is 330 Å². The van der Waals surface area contributed by atoms with Crippen LogP contribution in [0, 0.1) is 5.92 Å². The SMILES string of the molecule is N/C(=C\C(=NCc1ccccc1)C1CC=C(N2C3=CC=CCC3c3c(-c4ccc5c(c4)c4ccccc4n5C4=CCCCC4)cccc32)CC1)c1ccccc1. The van der Waals surface area contributed by atoms with E-state index in [0.29, 0.717) is 18.4 Å². The molecule has 6 aromatic rings. The van der Waals surface area contributed by atoms with Crippen molar-refractivity contribution in [2.24, 2.45) is 16.6 Å². The first-order chi connectivity index (χ1) is 27.7. The number of para-hydroxylation sites is 1. The van der Waals surface area contributed by atoms with Crippen LogP contribution in [0.4, 0.5) is 5.69 Å². The molecule has 10 rings (SSSR count). The van der Waals surface area contributed by atoms with Gasteiger partial charge < -0.3 is 15.2 Å². The molecule has 4 aliphatic rings. The molecule has 1 aliphatic heterocycles. The Balaban J connectivity index is 1.00. The van der Waals surface area contributed by atoms with Crippen molar-refractivity contribution in [1.29, 1.82) is 0 Å². The van der Waals surface area contributed by atoms with Gasteiger partial charge in [0.1, 0.15) is 0 Å². The summed E-state index contributed by atoms with van der Waals surface area (Å²) in [5.41, 5.74) is 23.1. The molecule has 0 amide bonds. The molecule has 3 aliphatic carbocycles. The summed E-state index contributed by atoms with van der Waals surface area (Å²) in [6.45, 7) is 0.648. The fourth-order valence-electron chi connectivity index (χ4n) is 9.64. The minimum absolute atomic E-state index is 0.299. The molecule has 0 spiro atoms. The number of aromatic nitrogens is 1. The van der Waals surface area contributed by atoms with Crippen molar-refractivity contribution in [3.63, 3.8) is 0 Å². The van der Waals surface area contributed by atoms with Gasteiger partial charge in [-0.2, -0.15) is 0 Å². The molecule has 0 saturated heterocycles. The van der Waals surface area contributed by atoms with Crippen LogP contribution in [-0.2, 0) is 6.54 Å². The van der Waals surface area contributed by atoms with Gasteiger partial charge in [-0.15, -0.1) is 0 Å². The lowest BCUT2D eigenvalue weighted by Crippen LogP contribution is -2.25. The topological polar surface area (TPSA) is 46.5 Å². The number of anilines is 1. The molecule has 0 bridgehead atoms. The van der Waals surface area contributed by atoms with Crippen LogP contribution >= 0.6 is 0 Å². The van der Waals surface area contributed by atoms with E-state index in [-0.39, 0.29) is 0 Å². The fraction of sp³-hybridized carbons (Fsp3) is 0.212. The lowest BCUT2D eigenvalue weighted by Gasteiger charge is -2.31. The van der Waals surface area contributed by atoms with Gasteiger partial charge in [-0.05, 0) is 116 Å². The third-order valence-corrected chi connectivity index (χ3v) is 12.4. The van der Waals surface area contributed by atoms with E-state index < -0.39 is 0 Å². The van der Waals surface area contributed by atoms with Crippen molar-refractivity contribution in [2.75, 3.05) is 4.90 Å². The molecule has 0 saturated carbocycles. The van der Waals surface area contributed by atoms with Crippen LogP contribution in [0.25, 0.3) is 44.3 Å². The van der Waals surface area contributed by atoms with E-state index in [9.17, 15) is 0 Å². The number of hydrogen-bond acceptors (Lipinski definition) is 3. The molecule has 5 aromatic carbocycles. The van der Waals surface area contributed by atoms with Crippen molar-refractivity contribution < 1.29 is 0 Å². The first-order valence-corrected chi connectivity index (χ1v) is 20.5. The lowest BCUT2D eigenvalue weighted by molar-refractivity contribution is 0.588. The number of allylic oxidation sites excluding steroid dienone is 9. The smallest absolute Gasteiger partial charge is 0.0643 e. The zero-order chi connectivity index (χ0) is 37.4. The van der Waals surface area contributed by atoms with Gasteiger partial charge in [-0.25, -0.2) is 0 Å². The summed E-state index contributed by atoms with van der Waals surface area (Å²) in [7, 11) is 0. The Hall–Kier alpha value is -6.13. The van der Waals surface area contributed by atoms with Gasteiger partial charge in [-0.1, -0.05) is 121 Å². The zero-order valence-corrected chi connectivity index (χ0v) is 31.9. The highest BCUT2D eigenvalue weighted by atomic mass is 15.2. The predicted octanol–water partition coefficient (Wildman–Crippen LogP) is 12.9. The average molecular weight is 729 g/mol. The van der Waals surface area contributed by atoms with E-state index in [4.69, 9.17) is 10.7 Å². The van der Waals surface area contributed by atoms with Crippen molar-refractivity contribution in [2.45, 2.75) is 63.8 Å². The van der Waals surface area contributed by atoms with Crippen molar-refractivity contribution in [1.82, 2.24) is 4.57 Å². The molecular weight excluding hydrogens is 681 g/mol. The highest BCUT2D eigenvalue weighted by molar-refractivity contribution is 6.11. The molecular formula is C52H48N4. The van der Waals surface area contributed by atoms with Gasteiger partial charge in [0.25, 0.3) is 0 Å². The number of aliphatic imine (C=N–C) groups is 1. The highest BCUT2D eigenvalue weighted by Crippen LogP contribution is 2.53. The summed E-state index contributed by atoms with van der Waals surface area (Å²) in [5.74, 6) is 0.623. The third-order valence-electron chi connectivity index (χ3n) is 12.4. The summed E-state index contributed by atoms with van der Waals surface area (Å²) < 4.78 is 2.53. The van der Waals surface area contributed by atoms with Gasteiger partial charge in [0.15, 0.2) is 0 Å². The first kappa shape index (κ1) is 34.4. The van der Waals surface area contributed by atoms with E-state index in [1.165, 1.54) is 86.1 Å². The van der Waals surface area contributed by atoms with Crippen LogP contribution in [0.3, 0.4) is 0 Å². The Morgan fingerprint density at radius 1 is 0.750 bits per heavy atom. The number of rotatable bonds is 8. The Kier molecular flexibility index (Phi) is 9.11. The zero-order valence-electron chi connectivity index (χ0n) is 31.9. The van der Waals surface area contributed by atoms with Crippen molar-refractivity contribution in [3.8, 4) is 11.1 Å². The lowest BCUT2D eigenvalue weighted by atomic mass is 9.86. The van der Waals surface area contributed by atoms with E-state index >= 15 is 0 Å². The Bertz CT molecular complexity index is 2630. The standard InChI is InChI=1S/C52H48N4/c53-46(37-17-6-2-7-18-37)34-47(54-35-36-15-4-1-5-16-36)38-27-30-41(31-28-38)56-49-25-13-11-22-44(49)52-42(23-14-26-51(52)56)39-29-32-50-45(33-39)43-21-10-12-24-48(43)55(50)40-19-8-3-9-20-40/h1-2,4-7,10-19,21,23-26,29-30,32-34,38,44H,3,8-9,20,22,27-28,31,35,53H2/b46-34-,54-47?. The molecule has 2 heterocycles. The molecule has 2 atom stereocenters. The van der Waals surface area contributed by atoms with E-state index in [2.05, 4.69) is 149 Å². The summed E-state index contributed by atoms with van der Waals surface area (Å²) in [6.07, 6.45) is 22.8. The molecule has 2 unspecified atom stereocenters. The van der Waals surface area contributed by atoms with Crippen LogP contribution in [0.2, 0.25) is 0 Å². The van der Waals surface area contributed by atoms with Gasteiger partial charge in [0.2, 0.25) is 0 Å². The first-order valence-electron chi connectivity index (χ1n) is 20.5. The Morgan fingerprint density at radius 2 is 1.57 bits per heavy atom. The molecule has 0 fully saturated rings. The van der Waals surface area contributed by atoms with Crippen LogP contribution in [0.1, 0.15) is 74.0 Å². The summed E-state index contributed by atoms with van der Waals surface area (Å²) in [5, 5.41) is 2.67. The molecule has 276 valence electrons. The number of nitrogens with two attached hydrogens (primary N) is 1. The van der Waals surface area contributed by atoms with Crippen LogP contribution < -0.4 is 10.6 Å². The van der Waals surface area contributed by atoms with E-state index in [0.717, 1.165) is 49.1 Å². The average Bonchev–Trinajstić information content (AvgIpc) is 3.79. The second-order valence-corrected chi connectivity index (χ2v) is 15.8. The summed E-state index contributed by atoms with van der Waals surface area (Å²) in [4.78, 5) is 7.81. The van der Waals surface area contributed by atoms with Gasteiger partial charge in [0.05, 0.1) is 17.6 Å². The summed E-state index contributed by atoms with van der Waals surface area (Å²) in [6, 6.07) is 44.0. The maximum atomic E-state index is 6.72. The maximum absolute atomic E-state index is 6.72. The largest absolute Gasteiger partial charge is 0.398 e. The van der Waals surface area contributed by atoms with E-state index in [1.807, 2.05) is 18.2 Å². The van der Waals surface area contributed by atoms with Gasteiger partial charge in [-0.3, -0.25) is 4.99 Å². The van der Waals surface area contributed by atoms with E-state index in [1.54, 1.807) is 0 Å². The Morgan fingerprint density at radius 3 is 2.39 bits per heavy atom. The molecule has 56 heavy (non-hydrogen) atoms. The minimum atomic E-state index is 0.299. The van der Waals surface area contributed by atoms with Crippen molar-refractivity contribution >= 4 is 44.6 Å². The minimum Gasteiger partial charge on any atom is -0.398 e. The quantitative estimate of drug-likeness (QED) is 0.159. The second kappa shape index (κ2) is 14.8. The molecule has 1 aromatic heterocycles. The molecule has 0 radical (unpaired) electrons. The number of fused-ring (bicyclic) bond motifs is 6. The molecule has 2 N–H and O–H groups in total. The van der Waals surface area contributed by atoms with Crippen LogP contribution in [-0.4, -0.2) is 10.3 Å². The highest BCUT2D eigenvalue weighted by Gasteiger charge is 2.38. The predicted molar refractivity (Wildman–Crippen MR) is 236 cm³/mol. The maximum Gasteiger partial charge on any atom is 0.0643 e. The number of nitrogens with zero attached hydrogens (tertiary/aromatic N) is 3. The van der Waals surface area contributed by atoms with Crippen molar-refractivity contribution in [3.05, 3.63) is 186 Å². The molecule has 4 heteroatoms. The normalized spacial score (nSPS) is 19.8. The third kappa shape index (κ3) is 6.23. The second-order valence-electron chi connectivity index (χ2n) is 15.8. The number of benzene rings is 5. The van der Waals surface area contributed by atoms with Crippen LogP contribution in [0.15, 0.2) is 174 Å². The van der Waals surface area contributed by atoms with Gasteiger partial charge in [0, 0.05) is 56.8 Å². The van der Waals surface area contributed by atoms with Crippen LogP contribution in [0.5, 0.6) is 0 Å². The monoisotopic (exact) mass is 728 g/mol. The van der Waals surface area contributed by atoms with Gasteiger partial charge >= 0.3 is 0 Å². The fourth-order valence-corrected chi connectivity index (χ4v) is 9.64.